The van der Waals surface area contributed by atoms with Gasteiger partial charge in [0.05, 0.1) is 23.9 Å². The number of amides is 2. The molecular formula is C22H17ClN2O5. The topological polar surface area (TPSA) is 105 Å². The van der Waals surface area contributed by atoms with Crippen molar-refractivity contribution in [3.05, 3.63) is 88.4 Å². The van der Waals surface area contributed by atoms with E-state index in [4.69, 9.17) is 16.3 Å². The molecule has 0 saturated carbocycles. The molecule has 3 aromatic carbocycles. The Morgan fingerprint density at radius 1 is 0.867 bits per heavy atom. The summed E-state index contributed by atoms with van der Waals surface area (Å²) in [6, 6.07) is 17.0. The maximum absolute atomic E-state index is 12.5. The first-order chi connectivity index (χ1) is 14.4. The number of carboxylic acid groups (broad SMARTS) is 1. The van der Waals surface area contributed by atoms with Gasteiger partial charge in [0, 0.05) is 16.3 Å². The quantitative estimate of drug-likeness (QED) is 0.538. The van der Waals surface area contributed by atoms with Crippen molar-refractivity contribution in [2.45, 2.75) is 0 Å². The van der Waals surface area contributed by atoms with Crippen LogP contribution in [0.25, 0.3) is 0 Å². The molecule has 0 atom stereocenters. The van der Waals surface area contributed by atoms with E-state index in [-0.39, 0.29) is 16.8 Å². The van der Waals surface area contributed by atoms with Gasteiger partial charge in [0.1, 0.15) is 5.75 Å². The van der Waals surface area contributed by atoms with Crippen LogP contribution in [0.4, 0.5) is 11.4 Å². The van der Waals surface area contributed by atoms with Crippen molar-refractivity contribution in [2.75, 3.05) is 17.7 Å². The third-order valence-electron chi connectivity index (χ3n) is 4.22. The van der Waals surface area contributed by atoms with Gasteiger partial charge in [0.2, 0.25) is 0 Å². The molecule has 3 aromatic rings. The van der Waals surface area contributed by atoms with Gasteiger partial charge in [-0.1, -0.05) is 23.7 Å². The average Bonchev–Trinajstić information content (AvgIpc) is 2.74. The predicted molar refractivity (Wildman–Crippen MR) is 114 cm³/mol. The molecule has 3 N–H and O–H groups in total. The first-order valence-corrected chi connectivity index (χ1v) is 9.15. The number of aromatic carboxylic acids is 1. The molecule has 0 fully saturated rings. The molecule has 0 unspecified atom stereocenters. The van der Waals surface area contributed by atoms with Gasteiger partial charge in [-0.15, -0.1) is 0 Å². The van der Waals surface area contributed by atoms with E-state index in [0.717, 1.165) is 0 Å². The Morgan fingerprint density at radius 3 is 2.23 bits per heavy atom. The monoisotopic (exact) mass is 424 g/mol. The van der Waals surface area contributed by atoms with Crippen LogP contribution in [0.5, 0.6) is 5.75 Å². The number of para-hydroxylation sites is 1. The van der Waals surface area contributed by atoms with Crippen LogP contribution in [0.3, 0.4) is 0 Å². The Bertz CT molecular complexity index is 1110. The fraction of sp³-hybridized carbons (Fsp3) is 0.0455. The Morgan fingerprint density at radius 2 is 1.57 bits per heavy atom. The van der Waals surface area contributed by atoms with Crippen LogP contribution in [0.15, 0.2) is 66.7 Å². The molecule has 0 radical (unpaired) electrons. The molecule has 0 aliphatic heterocycles. The SMILES string of the molecule is COc1ccc(Cl)cc1C(=O)Nc1ccc(C(=O)Nc2ccccc2C(=O)O)cc1. The van der Waals surface area contributed by atoms with Crippen LogP contribution in [0, 0.1) is 0 Å². The summed E-state index contributed by atoms with van der Waals surface area (Å²) in [6.07, 6.45) is 0. The summed E-state index contributed by atoms with van der Waals surface area (Å²) in [5.74, 6) is -1.65. The molecule has 0 saturated heterocycles. The average molecular weight is 425 g/mol. The van der Waals surface area contributed by atoms with Gasteiger partial charge in [-0.3, -0.25) is 9.59 Å². The highest BCUT2D eigenvalue weighted by Gasteiger charge is 2.15. The summed E-state index contributed by atoms with van der Waals surface area (Å²) in [5.41, 5.74) is 1.22. The van der Waals surface area contributed by atoms with Gasteiger partial charge in [-0.25, -0.2) is 4.79 Å². The fourth-order valence-electron chi connectivity index (χ4n) is 2.73. The maximum atomic E-state index is 12.5. The Hall–Kier alpha value is -3.84. The van der Waals surface area contributed by atoms with Crippen LogP contribution in [0.2, 0.25) is 5.02 Å². The van der Waals surface area contributed by atoms with Gasteiger partial charge in [-0.05, 0) is 54.6 Å². The van der Waals surface area contributed by atoms with E-state index >= 15 is 0 Å². The van der Waals surface area contributed by atoms with Crippen molar-refractivity contribution < 1.29 is 24.2 Å². The molecule has 8 heteroatoms. The zero-order chi connectivity index (χ0) is 21.7. The number of benzene rings is 3. The lowest BCUT2D eigenvalue weighted by atomic mass is 10.1. The van der Waals surface area contributed by atoms with Crippen molar-refractivity contribution in [1.29, 1.82) is 0 Å². The highest BCUT2D eigenvalue weighted by Crippen LogP contribution is 2.24. The van der Waals surface area contributed by atoms with Crippen LogP contribution < -0.4 is 15.4 Å². The number of methoxy groups -OCH3 is 1. The number of carboxylic acids is 1. The highest BCUT2D eigenvalue weighted by atomic mass is 35.5. The summed E-state index contributed by atoms with van der Waals surface area (Å²) in [6.45, 7) is 0. The van der Waals surface area contributed by atoms with E-state index in [9.17, 15) is 19.5 Å². The van der Waals surface area contributed by atoms with E-state index in [1.165, 1.54) is 37.4 Å². The minimum atomic E-state index is -1.14. The minimum Gasteiger partial charge on any atom is -0.496 e. The number of nitrogens with one attached hydrogen (secondary N) is 2. The van der Waals surface area contributed by atoms with Crippen LogP contribution in [0.1, 0.15) is 31.1 Å². The second-order valence-corrected chi connectivity index (χ2v) is 6.62. The number of hydrogen-bond acceptors (Lipinski definition) is 4. The minimum absolute atomic E-state index is 0.00907. The van der Waals surface area contributed by atoms with Gasteiger partial charge in [0.15, 0.2) is 0 Å². The van der Waals surface area contributed by atoms with Gasteiger partial charge >= 0.3 is 5.97 Å². The predicted octanol–water partition coefficient (Wildman–Crippen LogP) is 4.55. The maximum Gasteiger partial charge on any atom is 0.337 e. The number of rotatable bonds is 6. The van der Waals surface area contributed by atoms with Crippen molar-refractivity contribution in [3.63, 3.8) is 0 Å². The third-order valence-corrected chi connectivity index (χ3v) is 4.45. The number of anilines is 2. The number of hydrogen-bond donors (Lipinski definition) is 3. The molecular weight excluding hydrogens is 408 g/mol. The fourth-order valence-corrected chi connectivity index (χ4v) is 2.91. The van der Waals surface area contributed by atoms with E-state index in [0.29, 0.717) is 22.0 Å². The van der Waals surface area contributed by atoms with E-state index in [1.54, 1.807) is 36.4 Å². The summed E-state index contributed by atoms with van der Waals surface area (Å²) >= 11 is 5.96. The number of carbonyl (C=O) groups is 3. The second kappa shape index (κ2) is 9.11. The van der Waals surface area contributed by atoms with Crippen molar-refractivity contribution in [1.82, 2.24) is 0 Å². The lowest BCUT2D eigenvalue weighted by molar-refractivity contribution is 0.0697. The molecule has 0 heterocycles. The Kier molecular flexibility index (Phi) is 6.34. The number of ether oxygens (including phenoxy) is 1. The molecule has 152 valence electrons. The van der Waals surface area contributed by atoms with Crippen LogP contribution in [-0.4, -0.2) is 30.0 Å². The molecule has 2 amide bonds. The first kappa shape index (κ1) is 20.9. The van der Waals surface area contributed by atoms with Crippen LogP contribution in [-0.2, 0) is 0 Å². The third kappa shape index (κ3) is 4.76. The first-order valence-electron chi connectivity index (χ1n) is 8.77. The zero-order valence-electron chi connectivity index (χ0n) is 15.8. The number of halogens is 1. The van der Waals surface area contributed by atoms with E-state index in [1.807, 2.05) is 0 Å². The van der Waals surface area contributed by atoms with Crippen LogP contribution >= 0.6 is 11.6 Å². The normalized spacial score (nSPS) is 10.2. The summed E-state index contributed by atoms with van der Waals surface area (Å²) < 4.78 is 5.18. The number of carbonyl (C=O) groups excluding carboxylic acids is 2. The largest absolute Gasteiger partial charge is 0.496 e. The lowest BCUT2D eigenvalue weighted by Crippen LogP contribution is -2.15. The molecule has 30 heavy (non-hydrogen) atoms. The molecule has 7 nitrogen and oxygen atoms in total. The van der Waals surface area contributed by atoms with Gasteiger partial charge < -0.3 is 20.5 Å². The Balaban J connectivity index is 1.72. The van der Waals surface area contributed by atoms with Gasteiger partial charge in [-0.2, -0.15) is 0 Å². The van der Waals surface area contributed by atoms with E-state index < -0.39 is 17.8 Å². The van der Waals surface area contributed by atoms with Crippen molar-refractivity contribution >= 4 is 40.8 Å². The molecule has 0 aliphatic rings. The summed E-state index contributed by atoms with van der Waals surface area (Å²) in [7, 11) is 1.45. The Labute approximate surface area is 177 Å². The molecule has 0 spiro atoms. The molecule has 3 rings (SSSR count). The zero-order valence-corrected chi connectivity index (χ0v) is 16.6. The lowest BCUT2D eigenvalue weighted by Gasteiger charge is -2.11. The van der Waals surface area contributed by atoms with Gasteiger partial charge in [0.25, 0.3) is 11.8 Å². The standard InChI is InChI=1S/C22H17ClN2O5/c1-30-19-11-8-14(23)12-17(19)21(27)24-15-9-6-13(7-10-15)20(26)25-18-5-3-2-4-16(18)22(28)29/h2-12H,1H3,(H,24,27)(H,25,26)(H,28,29). The molecule has 0 bridgehead atoms. The second-order valence-electron chi connectivity index (χ2n) is 6.18. The summed E-state index contributed by atoms with van der Waals surface area (Å²) in [5, 5.41) is 14.9. The van der Waals surface area contributed by atoms with E-state index in [2.05, 4.69) is 10.6 Å². The highest BCUT2D eigenvalue weighted by molar-refractivity contribution is 6.31. The van der Waals surface area contributed by atoms with Crippen molar-refractivity contribution in [2.24, 2.45) is 0 Å². The smallest absolute Gasteiger partial charge is 0.337 e. The molecule has 0 aliphatic carbocycles. The van der Waals surface area contributed by atoms with Crippen molar-refractivity contribution in [3.8, 4) is 5.75 Å². The molecule has 0 aromatic heterocycles. The summed E-state index contributed by atoms with van der Waals surface area (Å²) in [4.78, 5) is 36.2.